The van der Waals surface area contributed by atoms with Gasteiger partial charge in [0.2, 0.25) is 5.91 Å². The van der Waals surface area contributed by atoms with E-state index in [0.29, 0.717) is 22.7 Å². The molecular formula is C38H49N3O8S2. The molecule has 0 aromatic heterocycles. The van der Waals surface area contributed by atoms with Crippen LogP contribution in [0.4, 0.5) is 11.4 Å². The quantitative estimate of drug-likeness (QED) is 0.123. The Balaban J connectivity index is 1.68. The van der Waals surface area contributed by atoms with Gasteiger partial charge in [-0.05, 0) is 49.8 Å². The van der Waals surface area contributed by atoms with Gasteiger partial charge in [-0.3, -0.25) is 9.59 Å². The number of carboxylic acids is 1. The van der Waals surface area contributed by atoms with Crippen LogP contribution in [0.25, 0.3) is 0 Å². The molecule has 276 valence electrons. The van der Waals surface area contributed by atoms with Crippen molar-refractivity contribution < 1.29 is 37.8 Å². The molecule has 1 heterocycles. The lowest BCUT2D eigenvalue weighted by atomic mass is 9.79. The third-order valence-corrected chi connectivity index (χ3v) is 11.9. The summed E-state index contributed by atoms with van der Waals surface area (Å²) in [6.07, 6.45) is 5.74. The number of carbonyl (C=O) groups is 3. The number of aliphatic carboxylic acids is 1. The summed E-state index contributed by atoms with van der Waals surface area (Å²) in [5, 5.41) is 24.3. The van der Waals surface area contributed by atoms with Crippen LogP contribution in [0.1, 0.15) is 70.9 Å². The zero-order valence-corrected chi connectivity index (χ0v) is 31.3. The number of benzene rings is 3. The fourth-order valence-corrected chi connectivity index (χ4v) is 9.16. The number of carboxylic acid groups (broad SMARTS) is 1. The zero-order chi connectivity index (χ0) is 37.2. The number of nitrogens with one attached hydrogen (secondary N) is 2. The minimum Gasteiger partial charge on any atom is -0.483 e. The molecule has 1 aliphatic heterocycles. The van der Waals surface area contributed by atoms with E-state index in [1.54, 1.807) is 30.3 Å². The number of fused-ring (bicyclic) bond motifs is 1. The summed E-state index contributed by atoms with van der Waals surface area (Å²) in [6.45, 7) is 5.46. The van der Waals surface area contributed by atoms with Gasteiger partial charge in [-0.25, -0.2) is 13.2 Å². The van der Waals surface area contributed by atoms with Gasteiger partial charge >= 0.3 is 5.97 Å². The highest BCUT2D eigenvalue weighted by Crippen LogP contribution is 2.47. The number of amides is 2. The summed E-state index contributed by atoms with van der Waals surface area (Å²) in [5.41, 5.74) is 1.36. The summed E-state index contributed by atoms with van der Waals surface area (Å²) in [4.78, 5) is 41.1. The summed E-state index contributed by atoms with van der Waals surface area (Å²) in [6, 6.07) is 18.5. The van der Waals surface area contributed by atoms with Gasteiger partial charge < -0.3 is 30.5 Å². The minimum atomic E-state index is -3.82. The van der Waals surface area contributed by atoms with Crippen LogP contribution in [0, 0.1) is 5.41 Å². The number of anilines is 2. The Bertz CT molecular complexity index is 1750. The van der Waals surface area contributed by atoms with E-state index in [2.05, 4.69) is 29.4 Å². The molecule has 0 radical (unpaired) electrons. The van der Waals surface area contributed by atoms with Gasteiger partial charge in [0.25, 0.3) is 5.91 Å². The van der Waals surface area contributed by atoms with Crippen molar-refractivity contribution in [1.29, 1.82) is 0 Å². The first-order valence-corrected chi connectivity index (χ1v) is 20.2. The lowest BCUT2D eigenvalue weighted by molar-refractivity contribution is -0.145. The summed E-state index contributed by atoms with van der Waals surface area (Å²) in [5.74, 6) is -2.76. The Labute approximate surface area is 305 Å². The number of unbranched alkanes of at least 4 members (excludes halogenated alkanes) is 2. The number of carbonyl (C=O) groups excluding carboxylic acids is 2. The van der Waals surface area contributed by atoms with E-state index in [1.807, 2.05) is 42.7 Å². The third-order valence-electron chi connectivity index (χ3n) is 9.16. The third kappa shape index (κ3) is 10.0. The van der Waals surface area contributed by atoms with Gasteiger partial charge in [0.15, 0.2) is 22.5 Å². The molecule has 3 atom stereocenters. The fourth-order valence-electron chi connectivity index (χ4n) is 6.50. The zero-order valence-electron chi connectivity index (χ0n) is 29.6. The number of hydrogen-bond donors (Lipinski definition) is 4. The summed E-state index contributed by atoms with van der Waals surface area (Å²) < 4.78 is 34.8. The van der Waals surface area contributed by atoms with Crippen molar-refractivity contribution in [2.24, 2.45) is 5.41 Å². The van der Waals surface area contributed by atoms with E-state index in [-0.39, 0.29) is 16.4 Å². The number of aliphatic hydroxyl groups is 1. The lowest BCUT2D eigenvalue weighted by Crippen LogP contribution is -2.52. The predicted molar refractivity (Wildman–Crippen MR) is 199 cm³/mol. The molecule has 1 aliphatic rings. The smallest absolute Gasteiger partial charge is 0.328 e. The molecule has 11 nitrogen and oxygen atoms in total. The second-order valence-electron chi connectivity index (χ2n) is 13.1. The second-order valence-corrected chi connectivity index (χ2v) is 15.9. The van der Waals surface area contributed by atoms with Crippen LogP contribution in [-0.2, 0) is 24.2 Å². The van der Waals surface area contributed by atoms with Crippen LogP contribution < -0.4 is 20.3 Å². The molecule has 0 spiro atoms. The lowest BCUT2D eigenvalue weighted by Gasteiger charge is -2.37. The molecule has 0 aliphatic carbocycles. The average Bonchev–Trinajstić information content (AvgIpc) is 3.21. The molecule has 3 aromatic carbocycles. The SMILES string of the molecule is CCCCC1(CCCC)CN(c2ccccc2)c2cc(SC)c(OCC(=O)NC(C(=O)N[C@H](C(=O)O)C(C)O)c3ccccc3)cc2S(=O)(=O)C1. The van der Waals surface area contributed by atoms with Crippen LogP contribution in [0.2, 0.25) is 0 Å². The Kier molecular flexibility index (Phi) is 14.0. The molecule has 3 aromatic rings. The first-order valence-electron chi connectivity index (χ1n) is 17.3. The molecule has 2 unspecified atom stereocenters. The normalized spacial score (nSPS) is 16.5. The number of rotatable bonds is 17. The molecule has 0 saturated heterocycles. The molecule has 0 saturated carbocycles. The molecule has 2 amide bonds. The average molecular weight is 740 g/mol. The van der Waals surface area contributed by atoms with Gasteiger partial charge in [0.05, 0.1) is 27.3 Å². The second kappa shape index (κ2) is 17.9. The van der Waals surface area contributed by atoms with Crippen molar-refractivity contribution in [3.63, 3.8) is 0 Å². The maximum absolute atomic E-state index is 14.4. The Morgan fingerprint density at radius 1 is 0.961 bits per heavy atom. The highest BCUT2D eigenvalue weighted by Gasteiger charge is 2.42. The van der Waals surface area contributed by atoms with E-state index < -0.39 is 57.8 Å². The Morgan fingerprint density at radius 2 is 1.57 bits per heavy atom. The Morgan fingerprint density at radius 3 is 2.12 bits per heavy atom. The number of sulfone groups is 1. The number of aliphatic hydroxyl groups excluding tert-OH is 1. The molecule has 13 heteroatoms. The monoisotopic (exact) mass is 739 g/mol. The standard InChI is InChI=1S/C38H49N3O8S2/c1-5-7-19-38(20-8-6-2)24-41(28-17-13-10-14-18-28)29-21-31(50-4)30(22-32(29)51(47,48)25-38)49-23-33(43)39-35(27-15-11-9-12-16-27)36(44)40-34(26(3)42)37(45)46/h9-18,21-22,26,34-35,42H,5-8,19-20,23-25H2,1-4H3,(H,39,43)(H,40,44)(H,45,46)/t26?,34-,35?/m0/s1. The van der Waals surface area contributed by atoms with Crippen LogP contribution >= 0.6 is 11.8 Å². The Hall–Kier alpha value is -4.07. The summed E-state index contributed by atoms with van der Waals surface area (Å²) >= 11 is 1.36. The molecular weight excluding hydrogens is 691 g/mol. The van der Waals surface area contributed by atoms with Crippen molar-refractivity contribution in [3.8, 4) is 5.75 Å². The molecule has 4 N–H and O–H groups in total. The maximum Gasteiger partial charge on any atom is 0.328 e. The van der Waals surface area contributed by atoms with E-state index in [1.165, 1.54) is 24.8 Å². The van der Waals surface area contributed by atoms with E-state index in [4.69, 9.17) is 4.74 Å². The molecule has 0 bridgehead atoms. The molecule has 51 heavy (non-hydrogen) atoms. The van der Waals surface area contributed by atoms with Gasteiger partial charge in [0, 0.05) is 23.7 Å². The number of para-hydroxylation sites is 1. The molecule has 4 rings (SSSR count). The minimum absolute atomic E-state index is 0.00741. The van der Waals surface area contributed by atoms with Gasteiger partial charge in [-0.1, -0.05) is 88.1 Å². The fraction of sp³-hybridized carbons (Fsp3) is 0.447. The topological polar surface area (TPSA) is 162 Å². The van der Waals surface area contributed by atoms with Gasteiger partial charge in [0.1, 0.15) is 11.8 Å². The highest BCUT2D eigenvalue weighted by molar-refractivity contribution is 7.98. The highest BCUT2D eigenvalue weighted by atomic mass is 32.2. The number of nitrogens with zero attached hydrogens (tertiary/aromatic N) is 1. The van der Waals surface area contributed by atoms with Gasteiger partial charge in [-0.15, -0.1) is 11.8 Å². The first-order chi connectivity index (χ1) is 24.3. The van der Waals surface area contributed by atoms with Crippen LogP contribution in [0.3, 0.4) is 0 Å². The maximum atomic E-state index is 14.4. The van der Waals surface area contributed by atoms with E-state index in [0.717, 1.165) is 44.2 Å². The number of hydrogen-bond acceptors (Lipinski definition) is 9. The predicted octanol–water partition coefficient (Wildman–Crippen LogP) is 5.89. The van der Waals surface area contributed by atoms with Crippen molar-refractivity contribution in [2.75, 3.05) is 30.1 Å². The first kappa shape index (κ1) is 39.7. The van der Waals surface area contributed by atoms with Crippen LogP contribution in [-0.4, -0.2) is 73.7 Å². The van der Waals surface area contributed by atoms with Gasteiger partial charge in [-0.2, -0.15) is 0 Å². The van der Waals surface area contributed by atoms with Crippen molar-refractivity contribution in [2.45, 2.75) is 87.3 Å². The van der Waals surface area contributed by atoms with Crippen molar-refractivity contribution in [1.82, 2.24) is 10.6 Å². The largest absolute Gasteiger partial charge is 0.483 e. The number of ether oxygens (including phenoxy) is 1. The van der Waals surface area contributed by atoms with E-state index >= 15 is 0 Å². The van der Waals surface area contributed by atoms with Crippen molar-refractivity contribution >= 4 is 50.8 Å². The van der Waals surface area contributed by atoms with Crippen molar-refractivity contribution in [3.05, 3.63) is 78.4 Å². The van der Waals surface area contributed by atoms with Crippen LogP contribution in [0.5, 0.6) is 5.75 Å². The number of thioether (sulfide) groups is 1. The van der Waals surface area contributed by atoms with E-state index in [9.17, 15) is 33.0 Å². The van der Waals surface area contributed by atoms with Crippen LogP contribution in [0.15, 0.2) is 82.6 Å². The molecule has 0 fully saturated rings. The summed E-state index contributed by atoms with van der Waals surface area (Å²) in [7, 11) is -3.82.